The van der Waals surface area contributed by atoms with Crippen LogP contribution in [0.3, 0.4) is 0 Å². The van der Waals surface area contributed by atoms with Crippen molar-refractivity contribution >= 4 is 22.1 Å². The van der Waals surface area contributed by atoms with Gasteiger partial charge in [-0.25, -0.2) is 4.57 Å². The van der Waals surface area contributed by atoms with Crippen molar-refractivity contribution < 1.29 is 13.4 Å². The van der Waals surface area contributed by atoms with Gasteiger partial charge in [-0.3, -0.25) is 0 Å². The molecule has 5 rings (SSSR count). The van der Waals surface area contributed by atoms with Crippen LogP contribution < -0.4 is 4.57 Å². The Kier molecular flexibility index (Phi) is 4.13. The second kappa shape index (κ2) is 6.73. The van der Waals surface area contributed by atoms with E-state index in [4.69, 9.17) is 4.42 Å². The molecule has 0 atom stereocenters. The maximum atomic E-state index is 13.5. The number of rotatable bonds is 2. The van der Waals surface area contributed by atoms with Gasteiger partial charge in [0, 0.05) is 28.0 Å². The number of pyridine rings is 1. The van der Waals surface area contributed by atoms with E-state index in [1.165, 1.54) is 17.2 Å². The molecule has 3 aromatic heterocycles. The fourth-order valence-electron chi connectivity index (χ4n) is 4.09. The molecule has 0 aliphatic heterocycles. The fourth-order valence-corrected chi connectivity index (χ4v) is 4.09. The Morgan fingerprint density at radius 3 is 2.43 bits per heavy atom. The molecule has 0 fully saturated rings. The van der Waals surface area contributed by atoms with E-state index in [9.17, 15) is 4.39 Å². The van der Waals surface area contributed by atoms with Crippen LogP contribution in [0.5, 0.6) is 0 Å². The molecule has 0 amide bonds. The second-order valence-corrected chi connectivity index (χ2v) is 7.90. The van der Waals surface area contributed by atoms with E-state index in [0.717, 1.165) is 38.9 Å². The van der Waals surface area contributed by atoms with Crippen LogP contribution in [-0.2, 0) is 7.05 Å². The van der Waals surface area contributed by atoms with Crippen molar-refractivity contribution in [1.29, 1.82) is 0 Å². The van der Waals surface area contributed by atoms with Gasteiger partial charge >= 0.3 is 0 Å². The number of fused-ring (bicyclic) bond motifs is 3. The average molecular weight is 398 g/mol. The molecule has 4 nitrogen and oxygen atoms in total. The van der Waals surface area contributed by atoms with Crippen molar-refractivity contribution in [3.63, 3.8) is 0 Å². The Morgan fingerprint density at radius 2 is 1.67 bits per heavy atom. The van der Waals surface area contributed by atoms with Crippen molar-refractivity contribution in [2.75, 3.05) is 0 Å². The number of aryl methyl sites for hydroxylation is 4. The summed E-state index contributed by atoms with van der Waals surface area (Å²) in [5, 5.41) is 1.75. The first kappa shape index (κ1) is 18.4. The molecule has 0 aliphatic rings. The first-order valence-corrected chi connectivity index (χ1v) is 9.83. The number of hydrogen-bond acceptors (Lipinski definition) is 3. The van der Waals surface area contributed by atoms with Crippen LogP contribution in [-0.4, -0.2) is 9.97 Å². The van der Waals surface area contributed by atoms with Crippen molar-refractivity contribution in [3.8, 4) is 22.5 Å². The van der Waals surface area contributed by atoms with Crippen LogP contribution >= 0.6 is 0 Å². The van der Waals surface area contributed by atoms with Gasteiger partial charge in [0.05, 0.1) is 7.05 Å². The molecule has 5 heteroatoms. The summed E-state index contributed by atoms with van der Waals surface area (Å²) in [5.41, 5.74) is 8.60. The summed E-state index contributed by atoms with van der Waals surface area (Å²) >= 11 is 0. The number of furan rings is 1. The maximum Gasteiger partial charge on any atom is 0.287 e. The molecule has 0 N–H and O–H groups in total. The van der Waals surface area contributed by atoms with Crippen molar-refractivity contribution in [3.05, 3.63) is 77.5 Å². The van der Waals surface area contributed by atoms with E-state index in [0.29, 0.717) is 11.3 Å². The van der Waals surface area contributed by atoms with Crippen LogP contribution in [0.15, 0.2) is 59.3 Å². The molecule has 0 bridgehead atoms. The lowest BCUT2D eigenvalue weighted by Gasteiger charge is -2.08. The summed E-state index contributed by atoms with van der Waals surface area (Å²) in [7, 11) is 1.98. The number of hydrogen-bond donors (Lipinski definition) is 0. The molecule has 0 spiro atoms. The number of halogens is 1. The van der Waals surface area contributed by atoms with Crippen LogP contribution in [0, 0.1) is 26.7 Å². The van der Waals surface area contributed by atoms with Gasteiger partial charge in [-0.15, -0.1) is 0 Å². The highest BCUT2D eigenvalue weighted by molar-refractivity contribution is 6.05. The van der Waals surface area contributed by atoms with Crippen LogP contribution in [0.2, 0.25) is 0 Å². The lowest BCUT2D eigenvalue weighted by molar-refractivity contribution is -0.663. The zero-order valence-electron chi connectivity index (χ0n) is 17.3. The fraction of sp³-hybridized carbons (Fsp3) is 0.160. The lowest BCUT2D eigenvalue weighted by atomic mass is 9.99. The minimum Gasteiger partial charge on any atom is -0.438 e. The van der Waals surface area contributed by atoms with E-state index in [2.05, 4.69) is 61.1 Å². The van der Waals surface area contributed by atoms with Gasteiger partial charge in [0.1, 0.15) is 11.3 Å². The standard InChI is InChI=1S/C25H21FN3O/c1-14-7-15(2)9-17(8-14)21-12-22(29(4)13-27-21)19-11-23-20(10-16(19)3)18-5-6-24(26)28-25(18)30-23/h5-13H,1-4H3/q+1. The zero-order chi connectivity index (χ0) is 21.0. The van der Waals surface area contributed by atoms with E-state index in [-0.39, 0.29) is 0 Å². The van der Waals surface area contributed by atoms with E-state index in [1.807, 2.05) is 24.0 Å². The van der Waals surface area contributed by atoms with Gasteiger partial charge in [-0.1, -0.05) is 17.2 Å². The monoisotopic (exact) mass is 398 g/mol. The SMILES string of the molecule is Cc1cc(C)cc(-c2cc(-c3cc4oc5nc(F)ccc5c4cc3C)[n+](C)cn2)c1. The third-order valence-electron chi connectivity index (χ3n) is 5.47. The minimum atomic E-state index is -0.544. The van der Waals surface area contributed by atoms with Crippen molar-refractivity contribution in [2.24, 2.45) is 7.05 Å². The largest absolute Gasteiger partial charge is 0.438 e. The van der Waals surface area contributed by atoms with Crippen molar-refractivity contribution in [1.82, 2.24) is 9.97 Å². The molecule has 0 aliphatic carbocycles. The Balaban J connectivity index is 1.71. The first-order chi connectivity index (χ1) is 14.4. The van der Waals surface area contributed by atoms with Gasteiger partial charge in [-0.2, -0.15) is 9.37 Å². The van der Waals surface area contributed by atoms with Crippen molar-refractivity contribution in [2.45, 2.75) is 20.8 Å². The number of benzene rings is 2. The van der Waals surface area contributed by atoms with Gasteiger partial charge in [0.15, 0.2) is 5.69 Å². The van der Waals surface area contributed by atoms with E-state index >= 15 is 0 Å². The number of nitrogens with zero attached hydrogens (tertiary/aromatic N) is 3. The summed E-state index contributed by atoms with van der Waals surface area (Å²) in [6, 6.07) is 15.7. The molecule has 30 heavy (non-hydrogen) atoms. The Bertz CT molecular complexity index is 1430. The summed E-state index contributed by atoms with van der Waals surface area (Å²) in [4.78, 5) is 8.53. The highest BCUT2D eigenvalue weighted by Gasteiger charge is 2.18. The Hall–Kier alpha value is -3.60. The van der Waals surface area contributed by atoms with Gasteiger partial charge in [-0.05, 0) is 67.7 Å². The summed E-state index contributed by atoms with van der Waals surface area (Å²) in [6.45, 7) is 6.26. The van der Waals surface area contributed by atoms with Crippen LogP contribution in [0.4, 0.5) is 4.39 Å². The zero-order valence-corrected chi connectivity index (χ0v) is 17.3. The molecule has 148 valence electrons. The van der Waals surface area contributed by atoms with Gasteiger partial charge in [0.2, 0.25) is 11.7 Å². The predicted octanol–water partition coefficient (Wildman–Crippen LogP) is 5.60. The van der Waals surface area contributed by atoms with Crippen LogP contribution in [0.1, 0.15) is 16.7 Å². The molecule has 0 radical (unpaired) electrons. The molecule has 2 aromatic carbocycles. The molecular formula is C25H21FN3O+. The van der Waals surface area contributed by atoms with E-state index in [1.54, 1.807) is 6.07 Å². The quantitative estimate of drug-likeness (QED) is 0.287. The van der Waals surface area contributed by atoms with Gasteiger partial charge in [0.25, 0.3) is 6.33 Å². The number of aromatic nitrogens is 3. The molecule has 0 saturated carbocycles. The molecular weight excluding hydrogens is 377 g/mol. The van der Waals surface area contributed by atoms with E-state index < -0.39 is 5.95 Å². The molecule has 3 heterocycles. The second-order valence-electron chi connectivity index (χ2n) is 7.90. The van der Waals surface area contributed by atoms with Gasteiger partial charge < -0.3 is 4.42 Å². The normalized spacial score (nSPS) is 11.5. The lowest BCUT2D eigenvalue weighted by Crippen LogP contribution is -2.31. The Labute approximate surface area is 173 Å². The maximum absolute atomic E-state index is 13.5. The summed E-state index contributed by atoms with van der Waals surface area (Å²) in [5.74, 6) is -0.544. The highest BCUT2D eigenvalue weighted by atomic mass is 19.1. The highest BCUT2D eigenvalue weighted by Crippen LogP contribution is 2.34. The molecule has 0 unspecified atom stereocenters. The first-order valence-electron chi connectivity index (χ1n) is 9.83. The smallest absolute Gasteiger partial charge is 0.287 e. The summed E-state index contributed by atoms with van der Waals surface area (Å²) < 4.78 is 21.4. The summed E-state index contributed by atoms with van der Waals surface area (Å²) in [6.07, 6.45) is 1.83. The average Bonchev–Trinajstić information content (AvgIpc) is 3.03. The predicted molar refractivity (Wildman–Crippen MR) is 116 cm³/mol. The molecule has 0 saturated heterocycles. The molecule has 5 aromatic rings. The van der Waals surface area contributed by atoms with Crippen LogP contribution in [0.25, 0.3) is 44.6 Å². The topological polar surface area (TPSA) is 42.8 Å². The minimum absolute atomic E-state index is 0.316. The third kappa shape index (κ3) is 3.03. The Morgan fingerprint density at radius 1 is 0.900 bits per heavy atom. The third-order valence-corrected chi connectivity index (χ3v) is 5.47.